The molecule has 6 nitrogen and oxygen atoms in total. The first-order valence-electron chi connectivity index (χ1n) is 8.29. The van der Waals surface area contributed by atoms with Gasteiger partial charge in [-0.25, -0.2) is 9.97 Å². The molecule has 4 rings (SSSR count). The fraction of sp³-hybridized carbons (Fsp3) is 0.389. The smallest absolute Gasteiger partial charge is 0.242 e. The van der Waals surface area contributed by atoms with Gasteiger partial charge in [0.1, 0.15) is 12.4 Å². The number of hydrogen-bond acceptors (Lipinski definition) is 3. The van der Waals surface area contributed by atoms with E-state index in [-0.39, 0.29) is 5.91 Å². The summed E-state index contributed by atoms with van der Waals surface area (Å²) in [5, 5.41) is 0. The van der Waals surface area contributed by atoms with Crippen molar-refractivity contribution in [3.8, 4) is 0 Å². The lowest BCUT2D eigenvalue weighted by Gasteiger charge is -2.17. The zero-order valence-electron chi connectivity index (χ0n) is 14.0. The van der Waals surface area contributed by atoms with Crippen molar-refractivity contribution >= 4 is 16.9 Å². The standard InChI is InChI=1S/C18H21N5O/c1-13-9-21(2)18(20-13)14-7-8-22(10-14)17(24)11-23-12-19-15-5-3-4-6-16(15)23/h3-6,9,12,14H,7-8,10-11H2,1-2H3. The second kappa shape index (κ2) is 5.78. The molecule has 0 saturated carbocycles. The van der Waals surface area contributed by atoms with Crippen molar-refractivity contribution in [3.05, 3.63) is 48.3 Å². The Kier molecular flexibility index (Phi) is 3.59. The van der Waals surface area contributed by atoms with Crippen LogP contribution in [0.1, 0.15) is 23.9 Å². The van der Waals surface area contributed by atoms with Crippen LogP contribution in [-0.4, -0.2) is 43.0 Å². The van der Waals surface area contributed by atoms with Gasteiger partial charge in [-0.2, -0.15) is 0 Å². The van der Waals surface area contributed by atoms with Crippen molar-refractivity contribution < 1.29 is 4.79 Å². The monoisotopic (exact) mass is 323 g/mol. The number of fused-ring (bicyclic) bond motifs is 1. The first-order chi connectivity index (χ1) is 11.6. The van der Waals surface area contributed by atoms with Gasteiger partial charge in [0, 0.05) is 32.3 Å². The summed E-state index contributed by atoms with van der Waals surface area (Å²) in [5.41, 5.74) is 2.96. The van der Waals surface area contributed by atoms with Gasteiger partial charge in [0.15, 0.2) is 0 Å². The fourth-order valence-electron chi connectivity index (χ4n) is 3.59. The van der Waals surface area contributed by atoms with E-state index in [9.17, 15) is 4.79 Å². The van der Waals surface area contributed by atoms with E-state index in [1.54, 1.807) is 6.33 Å². The summed E-state index contributed by atoms with van der Waals surface area (Å²) < 4.78 is 4.01. The van der Waals surface area contributed by atoms with Crippen LogP contribution in [-0.2, 0) is 18.4 Å². The molecule has 1 saturated heterocycles. The number of nitrogens with zero attached hydrogens (tertiary/aromatic N) is 5. The van der Waals surface area contributed by atoms with Crippen molar-refractivity contribution in [2.75, 3.05) is 13.1 Å². The van der Waals surface area contributed by atoms with Crippen molar-refractivity contribution in [3.63, 3.8) is 0 Å². The minimum Gasteiger partial charge on any atom is -0.340 e. The van der Waals surface area contributed by atoms with E-state index in [4.69, 9.17) is 0 Å². The Morgan fingerprint density at radius 2 is 2.17 bits per heavy atom. The van der Waals surface area contributed by atoms with Crippen LogP contribution in [0, 0.1) is 6.92 Å². The second-order valence-electron chi connectivity index (χ2n) is 6.54. The summed E-state index contributed by atoms with van der Waals surface area (Å²) in [6.45, 7) is 3.89. The van der Waals surface area contributed by atoms with E-state index in [1.807, 2.05) is 53.9 Å². The number of imidazole rings is 2. The molecule has 0 N–H and O–H groups in total. The van der Waals surface area contributed by atoms with Crippen LogP contribution >= 0.6 is 0 Å². The molecule has 3 heterocycles. The Balaban J connectivity index is 1.47. The highest BCUT2D eigenvalue weighted by Gasteiger charge is 2.30. The first kappa shape index (κ1) is 14.9. The summed E-state index contributed by atoms with van der Waals surface area (Å²) in [6.07, 6.45) is 4.76. The Morgan fingerprint density at radius 3 is 2.96 bits per heavy atom. The number of amides is 1. The molecule has 2 aromatic heterocycles. The zero-order chi connectivity index (χ0) is 16.7. The van der Waals surface area contributed by atoms with Crippen LogP contribution in [0.25, 0.3) is 11.0 Å². The topological polar surface area (TPSA) is 56.0 Å². The number of benzene rings is 1. The van der Waals surface area contributed by atoms with Crippen LogP contribution < -0.4 is 0 Å². The van der Waals surface area contributed by atoms with E-state index >= 15 is 0 Å². The highest BCUT2D eigenvalue weighted by atomic mass is 16.2. The summed E-state index contributed by atoms with van der Waals surface area (Å²) in [5.74, 6) is 1.55. The van der Waals surface area contributed by atoms with Gasteiger partial charge in [-0.1, -0.05) is 12.1 Å². The molecule has 1 unspecified atom stereocenters. The maximum Gasteiger partial charge on any atom is 0.242 e. The molecule has 0 radical (unpaired) electrons. The number of carbonyl (C=O) groups is 1. The lowest BCUT2D eigenvalue weighted by atomic mass is 10.1. The molecule has 3 aromatic rings. The minimum absolute atomic E-state index is 0.145. The van der Waals surface area contributed by atoms with Gasteiger partial charge in [0.2, 0.25) is 5.91 Å². The number of para-hydroxylation sites is 2. The molecule has 1 aliphatic heterocycles. The van der Waals surface area contributed by atoms with E-state index in [1.165, 1.54) is 0 Å². The highest BCUT2D eigenvalue weighted by Crippen LogP contribution is 2.26. The predicted molar refractivity (Wildman–Crippen MR) is 91.6 cm³/mol. The summed E-state index contributed by atoms with van der Waals surface area (Å²) >= 11 is 0. The lowest BCUT2D eigenvalue weighted by Crippen LogP contribution is -2.31. The molecule has 0 aliphatic carbocycles. The number of aromatic nitrogens is 4. The maximum absolute atomic E-state index is 12.7. The summed E-state index contributed by atoms with van der Waals surface area (Å²) in [6, 6.07) is 7.90. The SMILES string of the molecule is Cc1cn(C)c(C2CCN(C(=O)Cn3cnc4ccccc43)C2)n1. The Morgan fingerprint density at radius 1 is 1.33 bits per heavy atom. The summed E-state index contributed by atoms with van der Waals surface area (Å²) in [4.78, 5) is 23.6. The van der Waals surface area contributed by atoms with Crippen molar-refractivity contribution in [2.45, 2.75) is 25.8 Å². The molecule has 0 bridgehead atoms. The van der Waals surface area contributed by atoms with E-state index in [2.05, 4.69) is 14.5 Å². The quantitative estimate of drug-likeness (QED) is 0.742. The molecule has 1 amide bonds. The molecular formula is C18H21N5O. The van der Waals surface area contributed by atoms with Crippen LogP contribution in [0.3, 0.4) is 0 Å². The van der Waals surface area contributed by atoms with Crippen LogP contribution in [0.15, 0.2) is 36.8 Å². The Labute approximate surface area is 140 Å². The average Bonchev–Trinajstić information content (AvgIpc) is 3.26. The molecule has 1 aliphatic rings. The van der Waals surface area contributed by atoms with Gasteiger partial charge in [-0.15, -0.1) is 0 Å². The minimum atomic E-state index is 0.145. The fourth-order valence-corrected chi connectivity index (χ4v) is 3.59. The van der Waals surface area contributed by atoms with Crippen LogP contribution in [0.2, 0.25) is 0 Å². The van der Waals surface area contributed by atoms with Gasteiger partial charge in [0.25, 0.3) is 0 Å². The molecule has 0 spiro atoms. The van der Waals surface area contributed by atoms with Crippen LogP contribution in [0.4, 0.5) is 0 Å². The van der Waals surface area contributed by atoms with Gasteiger partial charge < -0.3 is 14.0 Å². The number of likely N-dealkylation sites (tertiary alicyclic amines) is 1. The molecule has 24 heavy (non-hydrogen) atoms. The number of carbonyl (C=O) groups excluding carboxylic acids is 1. The van der Waals surface area contributed by atoms with Crippen LogP contribution in [0.5, 0.6) is 0 Å². The third-order valence-electron chi connectivity index (χ3n) is 4.77. The first-order valence-corrected chi connectivity index (χ1v) is 8.29. The van der Waals surface area contributed by atoms with Crippen molar-refractivity contribution in [1.29, 1.82) is 0 Å². The summed E-state index contributed by atoms with van der Waals surface area (Å²) in [7, 11) is 2.03. The van der Waals surface area contributed by atoms with Gasteiger partial charge >= 0.3 is 0 Å². The second-order valence-corrected chi connectivity index (χ2v) is 6.54. The van der Waals surface area contributed by atoms with Crippen molar-refractivity contribution in [1.82, 2.24) is 24.0 Å². The number of aryl methyl sites for hydroxylation is 2. The Hall–Kier alpha value is -2.63. The van der Waals surface area contributed by atoms with Gasteiger partial charge in [-0.3, -0.25) is 4.79 Å². The normalized spacial score (nSPS) is 17.8. The molecule has 1 aromatic carbocycles. The number of rotatable bonds is 3. The Bertz CT molecular complexity index is 894. The number of hydrogen-bond donors (Lipinski definition) is 0. The molecule has 124 valence electrons. The molecule has 6 heteroatoms. The third-order valence-corrected chi connectivity index (χ3v) is 4.77. The molecule has 1 fully saturated rings. The lowest BCUT2D eigenvalue weighted by molar-refractivity contribution is -0.130. The van der Waals surface area contributed by atoms with E-state index in [0.717, 1.165) is 42.1 Å². The van der Waals surface area contributed by atoms with Crippen molar-refractivity contribution in [2.24, 2.45) is 7.05 Å². The van der Waals surface area contributed by atoms with Gasteiger partial charge in [-0.05, 0) is 25.5 Å². The maximum atomic E-state index is 12.7. The van der Waals surface area contributed by atoms with E-state index < -0.39 is 0 Å². The average molecular weight is 323 g/mol. The predicted octanol–water partition coefficient (Wildman–Crippen LogP) is 2.09. The highest BCUT2D eigenvalue weighted by molar-refractivity contribution is 5.80. The van der Waals surface area contributed by atoms with E-state index in [0.29, 0.717) is 12.5 Å². The zero-order valence-corrected chi connectivity index (χ0v) is 14.0. The largest absolute Gasteiger partial charge is 0.340 e. The molecular weight excluding hydrogens is 302 g/mol. The molecule has 1 atom stereocenters. The third kappa shape index (κ3) is 2.58. The van der Waals surface area contributed by atoms with Gasteiger partial charge in [0.05, 0.1) is 23.1 Å².